The van der Waals surface area contributed by atoms with Gasteiger partial charge in [0.25, 0.3) is 5.91 Å². The summed E-state index contributed by atoms with van der Waals surface area (Å²) in [6.07, 6.45) is 1.39. The van der Waals surface area contributed by atoms with Crippen molar-refractivity contribution in [1.29, 1.82) is 0 Å². The molecular weight excluding hydrogens is 318 g/mol. The Bertz CT molecular complexity index is 715. The van der Waals surface area contributed by atoms with Gasteiger partial charge in [-0.15, -0.1) is 0 Å². The summed E-state index contributed by atoms with van der Waals surface area (Å²) in [7, 11) is -0.644. The molecule has 0 spiro atoms. The molecule has 1 atom stereocenters. The predicted molar refractivity (Wildman–Crippen MR) is 85.1 cm³/mol. The van der Waals surface area contributed by atoms with Gasteiger partial charge in [0.15, 0.2) is 0 Å². The van der Waals surface area contributed by atoms with E-state index in [1.165, 1.54) is 26.2 Å². The molecule has 0 bridgehead atoms. The highest BCUT2D eigenvalue weighted by Gasteiger charge is 2.37. The van der Waals surface area contributed by atoms with Gasteiger partial charge in [-0.1, -0.05) is 25.5 Å². The SMILES string of the molecule is CCC[C@@H]1NC(=O)N(Cc2cccc(S(=O)(=O)N(C)C)c2)C1=O. The summed E-state index contributed by atoms with van der Waals surface area (Å²) < 4.78 is 25.4. The van der Waals surface area contributed by atoms with Crippen LogP contribution in [0.25, 0.3) is 0 Å². The molecule has 1 fully saturated rings. The topological polar surface area (TPSA) is 86.8 Å². The van der Waals surface area contributed by atoms with Crippen LogP contribution in [0.2, 0.25) is 0 Å². The molecule has 1 aliphatic heterocycles. The molecule has 0 aromatic heterocycles. The maximum Gasteiger partial charge on any atom is 0.325 e. The van der Waals surface area contributed by atoms with E-state index < -0.39 is 22.1 Å². The molecule has 0 saturated carbocycles. The second-order valence-corrected chi connectivity index (χ2v) is 7.80. The van der Waals surface area contributed by atoms with E-state index in [0.29, 0.717) is 12.0 Å². The van der Waals surface area contributed by atoms with Gasteiger partial charge in [-0.05, 0) is 24.1 Å². The monoisotopic (exact) mass is 339 g/mol. The van der Waals surface area contributed by atoms with E-state index in [-0.39, 0.29) is 17.3 Å². The first kappa shape index (κ1) is 17.4. The van der Waals surface area contributed by atoms with Crippen LogP contribution in [0.5, 0.6) is 0 Å². The Morgan fingerprint density at radius 1 is 1.26 bits per heavy atom. The van der Waals surface area contributed by atoms with Crippen LogP contribution >= 0.6 is 0 Å². The zero-order valence-electron chi connectivity index (χ0n) is 13.4. The molecule has 1 aromatic rings. The van der Waals surface area contributed by atoms with Gasteiger partial charge < -0.3 is 5.32 Å². The Labute approximate surface area is 136 Å². The lowest BCUT2D eigenvalue weighted by molar-refractivity contribution is -0.128. The number of carbonyl (C=O) groups is 2. The third kappa shape index (κ3) is 3.53. The van der Waals surface area contributed by atoms with Crippen molar-refractivity contribution >= 4 is 22.0 Å². The lowest BCUT2D eigenvalue weighted by Gasteiger charge is -2.15. The second kappa shape index (κ2) is 6.67. The molecule has 126 valence electrons. The normalized spacial score (nSPS) is 18.6. The minimum absolute atomic E-state index is 0.0572. The van der Waals surface area contributed by atoms with Crippen LogP contribution in [0.4, 0.5) is 4.79 Å². The maximum atomic E-state index is 12.2. The number of rotatable bonds is 6. The minimum Gasteiger partial charge on any atom is -0.326 e. The largest absolute Gasteiger partial charge is 0.326 e. The summed E-state index contributed by atoms with van der Waals surface area (Å²) in [4.78, 5) is 25.4. The van der Waals surface area contributed by atoms with Crippen molar-refractivity contribution in [2.75, 3.05) is 14.1 Å². The fourth-order valence-electron chi connectivity index (χ4n) is 2.41. The molecular formula is C15H21N3O4S. The van der Waals surface area contributed by atoms with Gasteiger partial charge in [0.2, 0.25) is 10.0 Å². The van der Waals surface area contributed by atoms with Crippen molar-refractivity contribution in [3.8, 4) is 0 Å². The zero-order valence-corrected chi connectivity index (χ0v) is 14.3. The first-order chi connectivity index (χ1) is 10.8. The molecule has 2 rings (SSSR count). The Kier molecular flexibility index (Phi) is 5.06. The molecule has 8 heteroatoms. The van der Waals surface area contributed by atoms with Gasteiger partial charge >= 0.3 is 6.03 Å². The zero-order chi connectivity index (χ0) is 17.2. The Hall–Kier alpha value is -1.93. The number of carbonyl (C=O) groups excluding carboxylic acids is 2. The summed E-state index contributed by atoms with van der Waals surface area (Å²) in [5, 5.41) is 2.65. The lowest BCUT2D eigenvalue weighted by Crippen LogP contribution is -2.31. The molecule has 1 saturated heterocycles. The van der Waals surface area contributed by atoms with Crippen molar-refractivity contribution in [3.63, 3.8) is 0 Å². The Morgan fingerprint density at radius 3 is 2.57 bits per heavy atom. The van der Waals surface area contributed by atoms with E-state index in [2.05, 4.69) is 5.32 Å². The smallest absolute Gasteiger partial charge is 0.325 e. The third-order valence-electron chi connectivity index (χ3n) is 3.70. The standard InChI is InChI=1S/C15H21N3O4S/c1-4-6-13-14(19)18(15(20)16-13)10-11-7-5-8-12(9-11)23(21,22)17(2)3/h5,7-9,13H,4,6,10H2,1-3H3,(H,16,20)/t13-/m0/s1. The number of nitrogens with one attached hydrogen (secondary N) is 1. The van der Waals surface area contributed by atoms with Gasteiger partial charge in [0.1, 0.15) is 6.04 Å². The number of amides is 3. The number of urea groups is 1. The van der Waals surface area contributed by atoms with Crippen LogP contribution in [0, 0.1) is 0 Å². The van der Waals surface area contributed by atoms with E-state index >= 15 is 0 Å². The van der Waals surface area contributed by atoms with E-state index in [9.17, 15) is 18.0 Å². The molecule has 0 radical (unpaired) electrons. The van der Waals surface area contributed by atoms with E-state index in [1.54, 1.807) is 12.1 Å². The van der Waals surface area contributed by atoms with E-state index in [1.807, 2.05) is 6.92 Å². The van der Waals surface area contributed by atoms with Crippen molar-refractivity contribution in [2.24, 2.45) is 0 Å². The molecule has 0 unspecified atom stereocenters. The first-order valence-corrected chi connectivity index (χ1v) is 8.84. The number of imide groups is 1. The summed E-state index contributed by atoms with van der Waals surface area (Å²) >= 11 is 0. The average Bonchev–Trinajstić information content (AvgIpc) is 2.75. The molecule has 7 nitrogen and oxygen atoms in total. The minimum atomic E-state index is -3.55. The van der Waals surface area contributed by atoms with Crippen LogP contribution in [0.1, 0.15) is 25.3 Å². The van der Waals surface area contributed by atoms with E-state index in [4.69, 9.17) is 0 Å². The van der Waals surface area contributed by atoms with Crippen LogP contribution in [-0.4, -0.2) is 49.7 Å². The molecule has 1 aliphatic rings. The van der Waals surface area contributed by atoms with Crippen LogP contribution in [-0.2, 0) is 21.4 Å². The summed E-state index contributed by atoms with van der Waals surface area (Å²) in [6.45, 7) is 2.00. The van der Waals surface area contributed by atoms with Crippen molar-refractivity contribution in [3.05, 3.63) is 29.8 Å². The number of benzene rings is 1. The van der Waals surface area contributed by atoms with Crippen molar-refractivity contribution in [1.82, 2.24) is 14.5 Å². The number of hydrogen-bond acceptors (Lipinski definition) is 4. The highest BCUT2D eigenvalue weighted by molar-refractivity contribution is 7.89. The van der Waals surface area contributed by atoms with Gasteiger partial charge in [-0.25, -0.2) is 17.5 Å². The van der Waals surface area contributed by atoms with Gasteiger partial charge in [0, 0.05) is 14.1 Å². The number of sulfonamides is 1. The van der Waals surface area contributed by atoms with Crippen molar-refractivity contribution in [2.45, 2.75) is 37.2 Å². The molecule has 1 N–H and O–H groups in total. The maximum absolute atomic E-state index is 12.2. The van der Waals surface area contributed by atoms with Crippen LogP contribution in [0.3, 0.4) is 0 Å². The highest BCUT2D eigenvalue weighted by Crippen LogP contribution is 2.19. The number of nitrogens with zero attached hydrogens (tertiary/aromatic N) is 2. The summed E-state index contributed by atoms with van der Waals surface area (Å²) in [6, 6.07) is 5.36. The third-order valence-corrected chi connectivity index (χ3v) is 5.51. The van der Waals surface area contributed by atoms with E-state index in [0.717, 1.165) is 15.6 Å². The fourth-order valence-corrected chi connectivity index (χ4v) is 3.38. The molecule has 1 aromatic carbocycles. The predicted octanol–water partition coefficient (Wildman–Crippen LogP) is 1.16. The van der Waals surface area contributed by atoms with Crippen molar-refractivity contribution < 1.29 is 18.0 Å². The summed E-state index contributed by atoms with van der Waals surface area (Å²) in [5.41, 5.74) is 0.591. The Morgan fingerprint density at radius 2 is 1.96 bits per heavy atom. The summed E-state index contributed by atoms with van der Waals surface area (Å²) in [5.74, 6) is -0.266. The highest BCUT2D eigenvalue weighted by atomic mass is 32.2. The molecule has 3 amide bonds. The van der Waals surface area contributed by atoms with Gasteiger partial charge in [-0.3, -0.25) is 9.69 Å². The fraction of sp³-hybridized carbons (Fsp3) is 0.467. The molecule has 0 aliphatic carbocycles. The van der Waals surface area contributed by atoms with Gasteiger partial charge in [-0.2, -0.15) is 0 Å². The van der Waals surface area contributed by atoms with Crippen LogP contribution < -0.4 is 5.32 Å². The second-order valence-electron chi connectivity index (χ2n) is 5.65. The quantitative estimate of drug-likeness (QED) is 0.788. The van der Waals surface area contributed by atoms with Gasteiger partial charge in [0.05, 0.1) is 11.4 Å². The Balaban J connectivity index is 2.22. The first-order valence-electron chi connectivity index (χ1n) is 7.40. The average molecular weight is 339 g/mol. The molecule has 1 heterocycles. The number of hydrogen-bond donors (Lipinski definition) is 1. The molecule has 23 heavy (non-hydrogen) atoms. The lowest BCUT2D eigenvalue weighted by atomic mass is 10.1. The van der Waals surface area contributed by atoms with Crippen LogP contribution in [0.15, 0.2) is 29.2 Å².